The molecule has 0 unspecified atom stereocenters. The van der Waals surface area contributed by atoms with Crippen LogP contribution in [0.15, 0.2) is 0 Å². The molecule has 0 saturated carbocycles. The van der Waals surface area contributed by atoms with Crippen molar-refractivity contribution >= 4 is 16.0 Å². The summed E-state index contributed by atoms with van der Waals surface area (Å²) in [6.45, 7) is 1.88. The lowest BCUT2D eigenvalue weighted by Crippen LogP contribution is -2.47. The summed E-state index contributed by atoms with van der Waals surface area (Å²) in [5, 5.41) is 11.3. The second-order valence-corrected chi connectivity index (χ2v) is 4.77. The predicted octanol–water partition coefficient (Wildman–Crippen LogP) is -1.69. The first-order chi connectivity index (χ1) is 6.02. The molecule has 0 aromatic carbocycles. The Morgan fingerprint density at radius 3 is 2.38 bits per heavy atom. The maximum Gasteiger partial charge on any atom is 0.320 e. The van der Waals surface area contributed by atoms with Crippen LogP contribution in [-0.4, -0.2) is 55.7 Å². The van der Waals surface area contributed by atoms with E-state index in [-0.39, 0.29) is 0 Å². The minimum Gasteiger partial charge on any atom is -0.480 e. The summed E-state index contributed by atoms with van der Waals surface area (Å²) in [5.74, 6) is -2.12. The van der Waals surface area contributed by atoms with Crippen molar-refractivity contribution in [2.24, 2.45) is 0 Å². The van der Waals surface area contributed by atoms with Crippen molar-refractivity contribution in [1.82, 2.24) is 9.62 Å². The van der Waals surface area contributed by atoms with Gasteiger partial charge in [0.15, 0.2) is 5.75 Å². The molecule has 1 rings (SSSR count). The zero-order valence-electron chi connectivity index (χ0n) is 7.06. The summed E-state index contributed by atoms with van der Waals surface area (Å²) >= 11 is 0. The normalized spacial score (nSPS) is 20.0. The van der Waals surface area contributed by atoms with Gasteiger partial charge in [-0.15, -0.1) is 0 Å². The van der Waals surface area contributed by atoms with Crippen LogP contribution in [-0.2, 0) is 14.8 Å². The van der Waals surface area contributed by atoms with Crippen LogP contribution in [0.2, 0.25) is 0 Å². The van der Waals surface area contributed by atoms with Gasteiger partial charge in [-0.05, 0) is 0 Å². The highest BCUT2D eigenvalue weighted by molar-refractivity contribution is 7.89. The van der Waals surface area contributed by atoms with Gasteiger partial charge in [0.1, 0.15) is 0 Å². The van der Waals surface area contributed by atoms with E-state index in [4.69, 9.17) is 5.11 Å². The summed E-state index contributed by atoms with van der Waals surface area (Å²) < 4.78 is 23.8. The van der Waals surface area contributed by atoms with E-state index in [0.717, 1.165) is 0 Å². The maximum absolute atomic E-state index is 11.3. The van der Waals surface area contributed by atoms with Crippen molar-refractivity contribution in [3.8, 4) is 0 Å². The molecule has 0 bridgehead atoms. The van der Waals surface area contributed by atoms with Crippen molar-refractivity contribution in [2.45, 2.75) is 0 Å². The van der Waals surface area contributed by atoms with E-state index < -0.39 is 21.7 Å². The molecular formula is C6H12N2O4S. The van der Waals surface area contributed by atoms with Gasteiger partial charge in [0.05, 0.1) is 0 Å². The van der Waals surface area contributed by atoms with E-state index in [2.05, 4.69) is 5.32 Å². The summed E-state index contributed by atoms with van der Waals surface area (Å²) in [5.41, 5.74) is 0. The van der Waals surface area contributed by atoms with Crippen LogP contribution in [0.25, 0.3) is 0 Å². The molecule has 1 aliphatic heterocycles. The van der Waals surface area contributed by atoms with Crippen LogP contribution in [0.4, 0.5) is 0 Å². The van der Waals surface area contributed by atoms with Gasteiger partial charge in [-0.25, -0.2) is 8.42 Å². The molecule has 1 aliphatic rings. The first-order valence-electron chi connectivity index (χ1n) is 3.93. The topological polar surface area (TPSA) is 86.7 Å². The largest absolute Gasteiger partial charge is 0.480 e. The number of rotatable bonds is 3. The smallest absolute Gasteiger partial charge is 0.320 e. The number of carboxylic acids is 1. The molecule has 0 amide bonds. The van der Waals surface area contributed by atoms with Crippen LogP contribution in [0.1, 0.15) is 0 Å². The molecular weight excluding hydrogens is 196 g/mol. The summed E-state index contributed by atoms with van der Waals surface area (Å²) in [6.07, 6.45) is 0. The summed E-state index contributed by atoms with van der Waals surface area (Å²) in [4.78, 5) is 10.2. The molecule has 0 spiro atoms. The highest BCUT2D eigenvalue weighted by Crippen LogP contribution is 2.02. The number of piperazine rings is 1. The molecule has 0 atom stereocenters. The van der Waals surface area contributed by atoms with Crippen LogP contribution in [0.5, 0.6) is 0 Å². The van der Waals surface area contributed by atoms with Crippen molar-refractivity contribution in [2.75, 3.05) is 31.9 Å². The molecule has 0 radical (unpaired) electrons. The average molecular weight is 208 g/mol. The number of carboxylic acid groups (broad SMARTS) is 1. The SMILES string of the molecule is O=C(O)CS(=O)(=O)N1CCNCC1. The summed E-state index contributed by atoms with van der Waals surface area (Å²) in [7, 11) is -3.59. The van der Waals surface area contributed by atoms with E-state index in [9.17, 15) is 13.2 Å². The Labute approximate surface area is 76.6 Å². The van der Waals surface area contributed by atoms with Crippen molar-refractivity contribution in [1.29, 1.82) is 0 Å². The lowest BCUT2D eigenvalue weighted by molar-refractivity contribution is -0.134. The number of hydrogen-bond acceptors (Lipinski definition) is 4. The van der Waals surface area contributed by atoms with E-state index >= 15 is 0 Å². The second-order valence-electron chi connectivity index (χ2n) is 2.80. The lowest BCUT2D eigenvalue weighted by Gasteiger charge is -2.25. The number of carbonyl (C=O) groups is 1. The number of sulfonamides is 1. The molecule has 13 heavy (non-hydrogen) atoms. The van der Waals surface area contributed by atoms with Gasteiger partial charge >= 0.3 is 5.97 Å². The molecule has 76 valence electrons. The van der Waals surface area contributed by atoms with Gasteiger partial charge in [-0.3, -0.25) is 4.79 Å². The Hall–Kier alpha value is -0.660. The Balaban J connectivity index is 2.62. The third-order valence-corrected chi connectivity index (χ3v) is 3.54. The first kappa shape index (κ1) is 10.4. The fourth-order valence-electron chi connectivity index (χ4n) is 1.17. The molecule has 0 aliphatic carbocycles. The van der Waals surface area contributed by atoms with Crippen LogP contribution < -0.4 is 5.32 Å². The van der Waals surface area contributed by atoms with Gasteiger partial charge in [-0.2, -0.15) is 4.31 Å². The maximum atomic E-state index is 11.3. The van der Waals surface area contributed by atoms with Gasteiger partial charge in [0.25, 0.3) is 0 Å². The Kier molecular flexibility index (Phi) is 3.23. The fraction of sp³-hybridized carbons (Fsp3) is 0.833. The molecule has 1 saturated heterocycles. The van der Waals surface area contributed by atoms with E-state index in [1.165, 1.54) is 4.31 Å². The van der Waals surface area contributed by atoms with Crippen LogP contribution >= 0.6 is 0 Å². The summed E-state index contributed by atoms with van der Waals surface area (Å²) in [6, 6.07) is 0. The van der Waals surface area contributed by atoms with Gasteiger partial charge in [0.2, 0.25) is 10.0 Å². The second kappa shape index (κ2) is 4.03. The van der Waals surface area contributed by atoms with Gasteiger partial charge in [0, 0.05) is 26.2 Å². The Bertz CT molecular complexity index is 281. The highest BCUT2D eigenvalue weighted by atomic mass is 32.2. The molecule has 2 N–H and O–H groups in total. The molecule has 0 aromatic rings. The predicted molar refractivity (Wildman–Crippen MR) is 45.9 cm³/mol. The monoisotopic (exact) mass is 208 g/mol. The standard InChI is InChI=1S/C6H12N2O4S/c9-6(10)5-13(11,12)8-3-1-7-2-4-8/h7H,1-5H2,(H,9,10). The first-order valence-corrected chi connectivity index (χ1v) is 5.53. The molecule has 0 aromatic heterocycles. The van der Waals surface area contributed by atoms with Gasteiger partial charge < -0.3 is 10.4 Å². The van der Waals surface area contributed by atoms with Gasteiger partial charge in [-0.1, -0.05) is 0 Å². The Morgan fingerprint density at radius 2 is 1.92 bits per heavy atom. The molecule has 7 heteroatoms. The molecule has 1 fully saturated rings. The fourth-order valence-corrected chi connectivity index (χ4v) is 2.40. The zero-order chi connectivity index (χ0) is 9.90. The van der Waals surface area contributed by atoms with E-state index in [1.807, 2.05) is 0 Å². The molecule has 6 nitrogen and oxygen atoms in total. The third kappa shape index (κ3) is 2.94. The van der Waals surface area contributed by atoms with Crippen molar-refractivity contribution in [3.63, 3.8) is 0 Å². The number of nitrogens with zero attached hydrogens (tertiary/aromatic N) is 1. The number of nitrogens with one attached hydrogen (secondary N) is 1. The van der Waals surface area contributed by atoms with E-state index in [0.29, 0.717) is 26.2 Å². The highest BCUT2D eigenvalue weighted by Gasteiger charge is 2.25. The van der Waals surface area contributed by atoms with E-state index in [1.54, 1.807) is 0 Å². The van der Waals surface area contributed by atoms with Crippen LogP contribution in [0, 0.1) is 0 Å². The quantitative estimate of drug-likeness (QED) is 0.577. The number of aliphatic carboxylic acids is 1. The minimum absolute atomic E-state index is 0.357. The zero-order valence-corrected chi connectivity index (χ0v) is 7.88. The van der Waals surface area contributed by atoms with Crippen LogP contribution in [0.3, 0.4) is 0 Å². The number of hydrogen-bond donors (Lipinski definition) is 2. The average Bonchev–Trinajstić information content (AvgIpc) is 2.04. The third-order valence-electron chi connectivity index (χ3n) is 1.78. The molecule has 1 heterocycles. The lowest BCUT2D eigenvalue weighted by atomic mass is 10.4. The minimum atomic E-state index is -3.59. The Morgan fingerprint density at radius 1 is 1.38 bits per heavy atom. The van der Waals surface area contributed by atoms with Crippen molar-refractivity contribution < 1.29 is 18.3 Å². The van der Waals surface area contributed by atoms with Crippen molar-refractivity contribution in [3.05, 3.63) is 0 Å².